The van der Waals surface area contributed by atoms with Gasteiger partial charge in [-0.05, 0) is 18.8 Å². The summed E-state index contributed by atoms with van der Waals surface area (Å²) in [6.07, 6.45) is 2.94. The van der Waals surface area contributed by atoms with Crippen LogP contribution in [0.1, 0.15) is 12.8 Å². The van der Waals surface area contributed by atoms with Gasteiger partial charge in [0.25, 0.3) is 10.1 Å². The minimum atomic E-state index is -3.67. The van der Waals surface area contributed by atoms with Crippen molar-refractivity contribution in [2.24, 2.45) is 11.7 Å². The Bertz CT molecular complexity index is 309. The third kappa shape index (κ3) is 4.03. The lowest BCUT2D eigenvalue weighted by molar-refractivity contribution is -0.119. The second kappa shape index (κ2) is 3.84. The molecule has 82 valence electrons. The zero-order chi connectivity index (χ0) is 10.9. The smallest absolute Gasteiger partial charge is 0.261 e. The average Bonchev–Trinajstić information content (AvgIpc) is 2.55. The molecule has 1 saturated carbocycles. The van der Waals surface area contributed by atoms with Gasteiger partial charge in [0.1, 0.15) is 0 Å². The van der Waals surface area contributed by atoms with Gasteiger partial charge in [-0.3, -0.25) is 9.35 Å². The summed E-state index contributed by atoms with van der Waals surface area (Å²) >= 11 is 0. The van der Waals surface area contributed by atoms with E-state index in [1.54, 1.807) is 0 Å². The number of fused-ring (bicyclic) bond motifs is 1. The van der Waals surface area contributed by atoms with Gasteiger partial charge in [0, 0.05) is 6.04 Å². The van der Waals surface area contributed by atoms with Crippen molar-refractivity contribution in [1.82, 2.24) is 5.32 Å². The van der Waals surface area contributed by atoms with E-state index in [0.717, 1.165) is 12.3 Å². The van der Waals surface area contributed by atoms with E-state index < -0.39 is 10.1 Å². The Kier molecular flexibility index (Phi) is 3.13. The molecule has 1 heterocycles. The molecule has 1 aliphatic heterocycles. The summed E-state index contributed by atoms with van der Waals surface area (Å²) in [5, 5.41) is 3.15. The molecule has 0 spiro atoms. The summed E-state index contributed by atoms with van der Waals surface area (Å²) in [6.45, 7) is 0. The Balaban J connectivity index is 0.000000171. The summed E-state index contributed by atoms with van der Waals surface area (Å²) in [5.41, 5.74) is 5.08. The van der Waals surface area contributed by atoms with Crippen molar-refractivity contribution in [2.45, 2.75) is 24.9 Å². The second-order valence-corrected chi connectivity index (χ2v) is 5.16. The number of rotatable bonds is 1. The number of nitrogens with one attached hydrogen (secondary N) is 1. The molecule has 2 rings (SSSR count). The van der Waals surface area contributed by atoms with Crippen LogP contribution in [0, 0.1) is 5.92 Å². The Labute approximate surface area is 82.6 Å². The Hall–Kier alpha value is -0.660. The van der Waals surface area contributed by atoms with Crippen molar-refractivity contribution in [1.29, 1.82) is 0 Å². The molecule has 0 aromatic heterocycles. The summed E-state index contributed by atoms with van der Waals surface area (Å²) in [6, 6.07) is 0.608. The fraction of sp³-hybridized carbons (Fsp3) is 0.857. The highest BCUT2D eigenvalue weighted by molar-refractivity contribution is 7.85. The van der Waals surface area contributed by atoms with E-state index in [2.05, 4.69) is 5.32 Å². The largest absolute Gasteiger partial charge is 0.368 e. The van der Waals surface area contributed by atoms with Gasteiger partial charge < -0.3 is 11.1 Å². The van der Waals surface area contributed by atoms with E-state index in [1.165, 1.54) is 6.42 Å². The topological polar surface area (TPSA) is 109 Å². The summed E-state index contributed by atoms with van der Waals surface area (Å²) in [7, 11) is -3.67. The third-order valence-electron chi connectivity index (χ3n) is 2.22. The molecule has 1 amide bonds. The van der Waals surface area contributed by atoms with Crippen molar-refractivity contribution in [2.75, 3.05) is 6.26 Å². The average molecular weight is 222 g/mol. The highest BCUT2D eigenvalue weighted by Gasteiger charge is 2.47. The van der Waals surface area contributed by atoms with E-state index in [1.807, 2.05) is 0 Å². The van der Waals surface area contributed by atoms with E-state index in [-0.39, 0.29) is 11.9 Å². The van der Waals surface area contributed by atoms with Crippen LogP contribution in [0.3, 0.4) is 0 Å². The number of hydrogen-bond acceptors (Lipinski definition) is 4. The van der Waals surface area contributed by atoms with Crippen LogP contribution >= 0.6 is 0 Å². The number of piperidine rings is 1. The van der Waals surface area contributed by atoms with Crippen LogP contribution in [0.2, 0.25) is 0 Å². The van der Waals surface area contributed by atoms with Crippen molar-refractivity contribution < 1.29 is 17.8 Å². The molecule has 2 fully saturated rings. The van der Waals surface area contributed by atoms with E-state index in [0.29, 0.717) is 12.3 Å². The van der Waals surface area contributed by atoms with Crippen LogP contribution in [-0.4, -0.2) is 37.2 Å². The molecule has 1 saturated heterocycles. The predicted molar refractivity (Wildman–Crippen MR) is 50.1 cm³/mol. The standard InChI is InChI=1S/C6H10N2O.CH4O3S/c7-6(9)5-2-3-1-4(3)8-5;1-5(2,3)4/h3-5,8H,1-2H2,(H2,7,9);1H3,(H,2,3,4)/t3-,4-,5+;/m0./s1. The first-order valence-corrected chi connectivity index (χ1v) is 6.10. The summed E-state index contributed by atoms with van der Waals surface area (Å²) in [5.74, 6) is 0.574. The molecule has 3 atom stereocenters. The maximum absolute atomic E-state index is 10.5. The van der Waals surface area contributed by atoms with Crippen LogP contribution in [-0.2, 0) is 14.9 Å². The van der Waals surface area contributed by atoms with Crippen molar-refractivity contribution >= 4 is 16.0 Å². The minimum Gasteiger partial charge on any atom is -0.368 e. The number of amides is 1. The Morgan fingerprint density at radius 1 is 1.50 bits per heavy atom. The first-order chi connectivity index (χ1) is 6.27. The quantitative estimate of drug-likeness (QED) is 0.479. The Morgan fingerprint density at radius 3 is 2.21 bits per heavy atom. The van der Waals surface area contributed by atoms with E-state index in [4.69, 9.17) is 10.3 Å². The predicted octanol–water partition coefficient (Wildman–Crippen LogP) is -1.27. The lowest BCUT2D eigenvalue weighted by Gasteiger charge is -2.06. The van der Waals surface area contributed by atoms with Gasteiger partial charge in [0.15, 0.2) is 0 Å². The monoisotopic (exact) mass is 222 g/mol. The summed E-state index contributed by atoms with van der Waals surface area (Å²) < 4.78 is 25.9. The number of primary amides is 1. The maximum Gasteiger partial charge on any atom is 0.261 e. The fourth-order valence-electron chi connectivity index (χ4n) is 1.54. The molecule has 1 aliphatic carbocycles. The Morgan fingerprint density at radius 2 is 2.00 bits per heavy atom. The van der Waals surface area contributed by atoms with E-state index >= 15 is 0 Å². The molecule has 0 radical (unpaired) electrons. The molecule has 0 unspecified atom stereocenters. The maximum atomic E-state index is 10.5. The summed E-state index contributed by atoms with van der Waals surface area (Å²) in [4.78, 5) is 10.5. The molecule has 6 nitrogen and oxygen atoms in total. The lowest BCUT2D eigenvalue weighted by atomic mass is 10.2. The number of nitrogens with two attached hydrogens (primary N) is 1. The SMILES string of the molecule is CS(=O)(=O)O.NC(=O)[C@H]1C[C@@H]2C[C@@H]2N1. The highest BCUT2D eigenvalue weighted by Crippen LogP contribution is 2.40. The zero-order valence-corrected chi connectivity index (χ0v) is 8.62. The van der Waals surface area contributed by atoms with Gasteiger partial charge in [0.2, 0.25) is 5.91 Å². The number of hydrogen-bond donors (Lipinski definition) is 3. The molecule has 4 N–H and O–H groups in total. The molecule has 7 heteroatoms. The minimum absolute atomic E-state index is 0.0197. The first kappa shape index (κ1) is 11.4. The van der Waals surface area contributed by atoms with Gasteiger partial charge in [0.05, 0.1) is 12.3 Å². The van der Waals surface area contributed by atoms with Gasteiger partial charge in [-0.15, -0.1) is 0 Å². The molecular weight excluding hydrogens is 208 g/mol. The molecule has 14 heavy (non-hydrogen) atoms. The fourth-order valence-corrected chi connectivity index (χ4v) is 1.54. The zero-order valence-electron chi connectivity index (χ0n) is 7.80. The van der Waals surface area contributed by atoms with Crippen LogP contribution < -0.4 is 11.1 Å². The molecule has 0 aromatic carbocycles. The van der Waals surface area contributed by atoms with Crippen LogP contribution in [0.15, 0.2) is 0 Å². The third-order valence-corrected chi connectivity index (χ3v) is 2.22. The molecular formula is C7H14N2O4S. The van der Waals surface area contributed by atoms with Crippen molar-refractivity contribution in [3.05, 3.63) is 0 Å². The second-order valence-electron chi connectivity index (χ2n) is 3.69. The van der Waals surface area contributed by atoms with Gasteiger partial charge >= 0.3 is 0 Å². The lowest BCUT2D eigenvalue weighted by Crippen LogP contribution is -2.38. The van der Waals surface area contributed by atoms with Crippen LogP contribution in [0.5, 0.6) is 0 Å². The van der Waals surface area contributed by atoms with Gasteiger partial charge in [-0.25, -0.2) is 0 Å². The van der Waals surface area contributed by atoms with Crippen LogP contribution in [0.4, 0.5) is 0 Å². The molecule has 0 aromatic rings. The van der Waals surface area contributed by atoms with Gasteiger partial charge in [-0.1, -0.05) is 0 Å². The van der Waals surface area contributed by atoms with Crippen molar-refractivity contribution in [3.8, 4) is 0 Å². The van der Waals surface area contributed by atoms with E-state index in [9.17, 15) is 13.2 Å². The van der Waals surface area contributed by atoms with Crippen LogP contribution in [0.25, 0.3) is 0 Å². The molecule has 2 aliphatic rings. The first-order valence-electron chi connectivity index (χ1n) is 4.25. The van der Waals surface area contributed by atoms with Gasteiger partial charge in [-0.2, -0.15) is 8.42 Å². The highest BCUT2D eigenvalue weighted by atomic mass is 32.2. The molecule has 0 bridgehead atoms. The van der Waals surface area contributed by atoms with Crippen molar-refractivity contribution in [3.63, 3.8) is 0 Å². The number of carbonyl (C=O) groups excluding carboxylic acids is 1. The normalized spacial score (nSPS) is 34.0. The number of carbonyl (C=O) groups is 1.